The lowest BCUT2D eigenvalue weighted by molar-refractivity contribution is -0.0498. The van der Waals surface area contributed by atoms with E-state index in [-0.39, 0.29) is 17.1 Å². The minimum absolute atomic E-state index is 0.0136. The summed E-state index contributed by atoms with van der Waals surface area (Å²) in [6.45, 7) is -2.92. The minimum atomic E-state index is -2.92. The average molecular weight is 385 g/mol. The highest BCUT2D eigenvalue weighted by Crippen LogP contribution is 2.20. The maximum absolute atomic E-state index is 12.0. The Labute approximate surface area is 138 Å². The second kappa shape index (κ2) is 7.68. The highest BCUT2D eigenvalue weighted by molar-refractivity contribution is 9.10. The molecule has 0 heterocycles. The lowest BCUT2D eigenvalue weighted by atomic mass is 10.2. The molecule has 1 amide bonds. The summed E-state index contributed by atoms with van der Waals surface area (Å²) in [4.78, 5) is 11.8. The number of amides is 1. The quantitative estimate of drug-likeness (QED) is 0.611. The number of benzene rings is 2. The zero-order chi connectivity index (χ0) is 16.8. The lowest BCUT2D eigenvalue weighted by Gasteiger charge is -2.05. The van der Waals surface area contributed by atoms with Crippen molar-refractivity contribution in [2.75, 3.05) is 0 Å². The third-order valence-corrected chi connectivity index (χ3v) is 3.19. The normalized spacial score (nSPS) is 11.0. The van der Waals surface area contributed by atoms with E-state index >= 15 is 0 Å². The van der Waals surface area contributed by atoms with Crippen LogP contribution < -0.4 is 10.2 Å². The Kier molecular flexibility index (Phi) is 5.64. The fourth-order valence-electron chi connectivity index (χ4n) is 1.64. The van der Waals surface area contributed by atoms with Gasteiger partial charge in [-0.15, -0.1) is 0 Å². The number of rotatable bonds is 5. The SMILES string of the molecule is O=C(NN=Cc1cc(Br)ccc1O)c1ccc(OC(F)F)cc1. The summed E-state index contributed by atoms with van der Waals surface area (Å²) in [7, 11) is 0. The first-order chi connectivity index (χ1) is 11.0. The van der Waals surface area contributed by atoms with Gasteiger partial charge >= 0.3 is 6.61 Å². The first kappa shape index (κ1) is 16.9. The van der Waals surface area contributed by atoms with Gasteiger partial charge in [0.05, 0.1) is 6.21 Å². The number of halogens is 3. The van der Waals surface area contributed by atoms with E-state index in [1.54, 1.807) is 12.1 Å². The van der Waals surface area contributed by atoms with Crippen LogP contribution in [0.1, 0.15) is 15.9 Å². The van der Waals surface area contributed by atoms with E-state index in [4.69, 9.17) is 0 Å². The Bertz CT molecular complexity index is 721. The second-order valence-electron chi connectivity index (χ2n) is 4.31. The molecule has 2 N–H and O–H groups in total. The summed E-state index contributed by atoms with van der Waals surface area (Å²) < 4.78 is 29.0. The van der Waals surface area contributed by atoms with Crippen LogP contribution in [-0.4, -0.2) is 23.8 Å². The number of hydrogen-bond acceptors (Lipinski definition) is 4. The predicted molar refractivity (Wildman–Crippen MR) is 83.9 cm³/mol. The van der Waals surface area contributed by atoms with Gasteiger partial charge in [-0.3, -0.25) is 4.79 Å². The van der Waals surface area contributed by atoms with Crippen LogP contribution in [0, 0.1) is 0 Å². The summed E-state index contributed by atoms with van der Waals surface area (Å²) in [6, 6.07) is 9.94. The molecule has 0 saturated carbocycles. The minimum Gasteiger partial charge on any atom is -0.507 e. The maximum Gasteiger partial charge on any atom is 0.387 e. The van der Waals surface area contributed by atoms with E-state index in [0.29, 0.717) is 5.56 Å². The number of hydrazone groups is 1. The maximum atomic E-state index is 12.0. The number of alkyl halides is 2. The third kappa shape index (κ3) is 5.03. The van der Waals surface area contributed by atoms with Crippen LogP contribution in [0.15, 0.2) is 52.0 Å². The Morgan fingerprint density at radius 1 is 1.26 bits per heavy atom. The van der Waals surface area contributed by atoms with Crippen molar-refractivity contribution in [2.45, 2.75) is 6.61 Å². The Hall–Kier alpha value is -2.48. The van der Waals surface area contributed by atoms with Gasteiger partial charge in [-0.05, 0) is 42.5 Å². The molecule has 0 spiro atoms. The molecule has 0 aliphatic carbocycles. The van der Waals surface area contributed by atoms with E-state index in [2.05, 4.69) is 31.2 Å². The van der Waals surface area contributed by atoms with Gasteiger partial charge in [-0.2, -0.15) is 13.9 Å². The van der Waals surface area contributed by atoms with Crippen LogP contribution in [0.25, 0.3) is 0 Å². The molecule has 0 aliphatic heterocycles. The predicted octanol–water partition coefficient (Wildman–Crippen LogP) is 3.52. The van der Waals surface area contributed by atoms with Gasteiger partial charge in [0.25, 0.3) is 5.91 Å². The van der Waals surface area contributed by atoms with Gasteiger partial charge in [0.15, 0.2) is 0 Å². The molecular weight excluding hydrogens is 374 g/mol. The molecule has 2 aromatic rings. The van der Waals surface area contributed by atoms with Crippen LogP contribution in [-0.2, 0) is 0 Å². The molecule has 0 saturated heterocycles. The van der Waals surface area contributed by atoms with Gasteiger partial charge in [0.1, 0.15) is 11.5 Å². The van der Waals surface area contributed by atoms with E-state index in [1.807, 2.05) is 0 Å². The number of ether oxygens (including phenoxy) is 1. The number of nitrogens with zero attached hydrogens (tertiary/aromatic N) is 1. The smallest absolute Gasteiger partial charge is 0.387 e. The van der Waals surface area contributed by atoms with Crippen molar-refractivity contribution in [3.8, 4) is 11.5 Å². The van der Waals surface area contributed by atoms with Crippen molar-refractivity contribution < 1.29 is 23.4 Å². The van der Waals surface area contributed by atoms with E-state index in [9.17, 15) is 18.7 Å². The van der Waals surface area contributed by atoms with Crippen molar-refractivity contribution >= 4 is 28.1 Å². The number of carbonyl (C=O) groups is 1. The zero-order valence-electron chi connectivity index (χ0n) is 11.5. The van der Waals surface area contributed by atoms with Crippen molar-refractivity contribution in [2.24, 2.45) is 5.10 Å². The molecule has 0 fully saturated rings. The fourth-order valence-corrected chi connectivity index (χ4v) is 2.02. The van der Waals surface area contributed by atoms with Crippen LogP contribution in [0.3, 0.4) is 0 Å². The summed E-state index contributed by atoms with van der Waals surface area (Å²) in [5.41, 5.74) is 2.91. The lowest BCUT2D eigenvalue weighted by Crippen LogP contribution is -2.17. The van der Waals surface area contributed by atoms with Crippen LogP contribution in [0.5, 0.6) is 11.5 Å². The molecule has 5 nitrogen and oxygen atoms in total. The summed E-state index contributed by atoms with van der Waals surface area (Å²) in [5.74, 6) is -0.557. The number of nitrogens with one attached hydrogen (secondary N) is 1. The van der Waals surface area contributed by atoms with Crippen LogP contribution in [0.4, 0.5) is 8.78 Å². The largest absolute Gasteiger partial charge is 0.507 e. The molecule has 2 rings (SSSR count). The van der Waals surface area contributed by atoms with E-state index in [0.717, 1.165) is 4.47 Å². The Morgan fingerprint density at radius 2 is 1.96 bits per heavy atom. The average Bonchev–Trinajstić information content (AvgIpc) is 2.50. The van der Waals surface area contributed by atoms with Gasteiger partial charge in [-0.25, -0.2) is 5.43 Å². The molecule has 2 aromatic carbocycles. The van der Waals surface area contributed by atoms with Crippen molar-refractivity contribution in [1.82, 2.24) is 5.43 Å². The fraction of sp³-hybridized carbons (Fsp3) is 0.0667. The van der Waals surface area contributed by atoms with Crippen molar-refractivity contribution in [3.05, 3.63) is 58.1 Å². The van der Waals surface area contributed by atoms with Crippen LogP contribution >= 0.6 is 15.9 Å². The van der Waals surface area contributed by atoms with Crippen LogP contribution in [0.2, 0.25) is 0 Å². The molecule has 120 valence electrons. The monoisotopic (exact) mass is 384 g/mol. The first-order valence-corrected chi connectivity index (χ1v) is 7.12. The van der Waals surface area contributed by atoms with Gasteiger partial charge < -0.3 is 9.84 Å². The summed E-state index contributed by atoms with van der Waals surface area (Å²) >= 11 is 3.25. The third-order valence-electron chi connectivity index (χ3n) is 2.70. The number of hydrogen-bond donors (Lipinski definition) is 2. The highest BCUT2D eigenvalue weighted by Gasteiger charge is 2.07. The Balaban J connectivity index is 1.99. The van der Waals surface area contributed by atoms with Gasteiger partial charge in [0, 0.05) is 15.6 Å². The van der Waals surface area contributed by atoms with E-state index in [1.165, 1.54) is 36.5 Å². The van der Waals surface area contributed by atoms with Gasteiger partial charge in [-0.1, -0.05) is 15.9 Å². The summed E-state index contributed by atoms with van der Waals surface area (Å²) in [6.07, 6.45) is 1.28. The molecule has 0 radical (unpaired) electrons. The second-order valence-corrected chi connectivity index (χ2v) is 5.22. The van der Waals surface area contributed by atoms with Gasteiger partial charge in [0.2, 0.25) is 0 Å². The standard InChI is InChI=1S/C15H11BrF2N2O3/c16-11-3-6-13(21)10(7-11)8-19-20-14(22)9-1-4-12(5-2-9)23-15(17)18/h1-8,15,21H,(H,20,22). The number of phenolic OH excluding ortho intramolecular Hbond substituents is 1. The number of phenols is 1. The summed E-state index contributed by atoms with van der Waals surface area (Å²) in [5, 5.41) is 13.4. The molecule has 0 atom stereocenters. The Morgan fingerprint density at radius 3 is 2.61 bits per heavy atom. The number of aromatic hydroxyl groups is 1. The molecule has 0 bridgehead atoms. The van der Waals surface area contributed by atoms with Crippen molar-refractivity contribution in [1.29, 1.82) is 0 Å². The zero-order valence-corrected chi connectivity index (χ0v) is 13.1. The molecule has 0 aromatic heterocycles. The number of carbonyl (C=O) groups excluding carboxylic acids is 1. The molecule has 0 aliphatic rings. The molecule has 23 heavy (non-hydrogen) atoms. The first-order valence-electron chi connectivity index (χ1n) is 6.32. The molecule has 8 heteroatoms. The highest BCUT2D eigenvalue weighted by atomic mass is 79.9. The topological polar surface area (TPSA) is 70.9 Å². The molecule has 0 unspecified atom stereocenters. The molecular formula is C15H11BrF2N2O3. The van der Waals surface area contributed by atoms with E-state index < -0.39 is 12.5 Å². The van der Waals surface area contributed by atoms with Crippen molar-refractivity contribution in [3.63, 3.8) is 0 Å².